The molecule has 0 radical (unpaired) electrons. The van der Waals surface area contributed by atoms with E-state index in [1.165, 1.54) is 13.8 Å². The summed E-state index contributed by atoms with van der Waals surface area (Å²) in [4.78, 5) is 24.3. The summed E-state index contributed by atoms with van der Waals surface area (Å²) in [6, 6.07) is 9.33. The van der Waals surface area contributed by atoms with E-state index >= 15 is 0 Å². The van der Waals surface area contributed by atoms with E-state index in [1.807, 2.05) is 44.2 Å². The second-order valence-electron chi connectivity index (χ2n) is 5.49. The Labute approximate surface area is 118 Å². The van der Waals surface area contributed by atoms with Crippen molar-refractivity contribution in [1.82, 2.24) is 0 Å². The molecule has 0 saturated carbocycles. The van der Waals surface area contributed by atoms with E-state index in [-0.39, 0.29) is 11.5 Å². The summed E-state index contributed by atoms with van der Waals surface area (Å²) in [6.45, 7) is 6.93. The van der Waals surface area contributed by atoms with E-state index < -0.39 is 17.7 Å². The summed E-state index contributed by atoms with van der Waals surface area (Å²) in [6.07, 6.45) is 0. The van der Waals surface area contributed by atoms with Gasteiger partial charge in [0.15, 0.2) is 0 Å². The molecule has 20 heavy (non-hydrogen) atoms. The molecule has 1 heterocycles. The maximum Gasteiger partial charge on any atom is 0.349 e. The van der Waals surface area contributed by atoms with Crippen molar-refractivity contribution >= 4 is 17.5 Å². The zero-order valence-corrected chi connectivity index (χ0v) is 12.1. The summed E-state index contributed by atoms with van der Waals surface area (Å²) in [5, 5.41) is 0. The third-order valence-corrected chi connectivity index (χ3v) is 3.02. The van der Waals surface area contributed by atoms with Crippen LogP contribution in [0.2, 0.25) is 0 Å². The van der Waals surface area contributed by atoms with Gasteiger partial charge in [0.05, 0.1) is 0 Å². The van der Waals surface area contributed by atoms with E-state index in [9.17, 15) is 9.59 Å². The number of allylic oxidation sites excluding steroid dienone is 1. The fraction of sp³-hybridized carbons (Fsp3) is 0.375. The summed E-state index contributed by atoms with van der Waals surface area (Å²) in [5.41, 5.74) is 1.47. The van der Waals surface area contributed by atoms with Crippen LogP contribution in [0.4, 0.5) is 0 Å². The van der Waals surface area contributed by atoms with Crippen molar-refractivity contribution in [3.05, 3.63) is 41.5 Å². The second-order valence-corrected chi connectivity index (χ2v) is 5.49. The number of hydrogen-bond acceptors (Lipinski definition) is 4. The third kappa shape index (κ3) is 2.74. The van der Waals surface area contributed by atoms with Crippen LogP contribution in [0.25, 0.3) is 5.57 Å². The van der Waals surface area contributed by atoms with Gasteiger partial charge >= 0.3 is 11.9 Å². The molecule has 1 aromatic rings. The average Bonchev–Trinajstić information content (AvgIpc) is 2.33. The highest BCUT2D eigenvalue weighted by Gasteiger charge is 2.41. The Morgan fingerprint density at radius 3 is 1.95 bits per heavy atom. The SMILES string of the molecule is CC(C)C(=C1C(=O)OC(C)(C)OC1=O)c1ccccc1. The zero-order chi connectivity index (χ0) is 14.9. The minimum absolute atomic E-state index is 0.00582. The molecule has 106 valence electrons. The Bertz CT molecular complexity index is 545. The molecule has 0 spiro atoms. The van der Waals surface area contributed by atoms with Crippen molar-refractivity contribution in [2.75, 3.05) is 0 Å². The van der Waals surface area contributed by atoms with Gasteiger partial charge in [-0.15, -0.1) is 0 Å². The Morgan fingerprint density at radius 1 is 1.00 bits per heavy atom. The minimum Gasteiger partial charge on any atom is -0.419 e. The molecule has 4 heteroatoms. The van der Waals surface area contributed by atoms with Crippen LogP contribution >= 0.6 is 0 Å². The fourth-order valence-electron chi connectivity index (χ4n) is 2.26. The first-order chi connectivity index (χ1) is 9.32. The van der Waals surface area contributed by atoms with Crippen molar-refractivity contribution in [2.24, 2.45) is 5.92 Å². The number of benzene rings is 1. The van der Waals surface area contributed by atoms with Gasteiger partial charge in [0.2, 0.25) is 0 Å². The number of carbonyl (C=O) groups excluding carboxylic acids is 2. The maximum atomic E-state index is 12.2. The lowest BCUT2D eigenvalue weighted by molar-refractivity contribution is -0.222. The molecule has 1 saturated heterocycles. The molecule has 0 aliphatic carbocycles. The van der Waals surface area contributed by atoms with E-state index in [1.54, 1.807) is 0 Å². The van der Waals surface area contributed by atoms with Crippen molar-refractivity contribution in [3.63, 3.8) is 0 Å². The largest absolute Gasteiger partial charge is 0.419 e. The molecular formula is C16H18O4. The summed E-state index contributed by atoms with van der Waals surface area (Å²) < 4.78 is 10.3. The van der Waals surface area contributed by atoms with Crippen LogP contribution in [-0.4, -0.2) is 17.7 Å². The highest BCUT2D eigenvalue weighted by atomic mass is 16.7. The molecule has 1 aromatic carbocycles. The molecular weight excluding hydrogens is 256 g/mol. The molecule has 1 aliphatic rings. The Balaban J connectivity index is 2.57. The number of cyclic esters (lactones) is 2. The molecule has 1 aliphatic heterocycles. The summed E-state index contributed by atoms with van der Waals surface area (Å²) >= 11 is 0. The van der Waals surface area contributed by atoms with E-state index in [2.05, 4.69) is 0 Å². The van der Waals surface area contributed by atoms with Gasteiger partial charge in [0.1, 0.15) is 5.57 Å². The number of esters is 2. The summed E-state index contributed by atoms with van der Waals surface area (Å²) in [5.74, 6) is -2.47. The standard InChI is InChI=1S/C16H18O4/c1-10(2)12(11-8-6-5-7-9-11)13-14(17)19-16(3,4)20-15(13)18/h5-10H,1-4H3. The van der Waals surface area contributed by atoms with Crippen LogP contribution in [-0.2, 0) is 19.1 Å². The lowest BCUT2D eigenvalue weighted by Crippen LogP contribution is -2.42. The average molecular weight is 274 g/mol. The second kappa shape index (κ2) is 5.12. The molecule has 0 amide bonds. The Kier molecular flexibility index (Phi) is 3.66. The van der Waals surface area contributed by atoms with Crippen LogP contribution in [0.15, 0.2) is 35.9 Å². The Hall–Kier alpha value is -2.10. The molecule has 4 nitrogen and oxygen atoms in total. The predicted octanol–water partition coefficient (Wildman–Crippen LogP) is 2.93. The quantitative estimate of drug-likeness (QED) is 0.472. The van der Waals surface area contributed by atoms with Gasteiger partial charge in [0.25, 0.3) is 5.79 Å². The third-order valence-electron chi connectivity index (χ3n) is 3.02. The lowest BCUT2D eigenvalue weighted by Gasteiger charge is -2.31. The van der Waals surface area contributed by atoms with Crippen LogP contribution in [0.1, 0.15) is 33.3 Å². The number of ether oxygens (including phenoxy) is 2. The van der Waals surface area contributed by atoms with E-state index in [4.69, 9.17) is 9.47 Å². The van der Waals surface area contributed by atoms with Gasteiger partial charge in [-0.2, -0.15) is 0 Å². The van der Waals surface area contributed by atoms with Crippen LogP contribution in [0.3, 0.4) is 0 Å². The van der Waals surface area contributed by atoms with Crippen LogP contribution < -0.4 is 0 Å². The van der Waals surface area contributed by atoms with Crippen molar-refractivity contribution in [3.8, 4) is 0 Å². The molecule has 2 rings (SSSR count). The van der Waals surface area contributed by atoms with Gasteiger partial charge in [-0.05, 0) is 17.1 Å². The van der Waals surface area contributed by atoms with Crippen molar-refractivity contribution in [1.29, 1.82) is 0 Å². The molecule has 1 fully saturated rings. The first-order valence-corrected chi connectivity index (χ1v) is 6.58. The summed E-state index contributed by atoms with van der Waals surface area (Å²) in [7, 11) is 0. The monoisotopic (exact) mass is 274 g/mol. The highest BCUT2D eigenvalue weighted by molar-refractivity contribution is 6.21. The number of hydrogen-bond donors (Lipinski definition) is 0. The molecule has 0 bridgehead atoms. The normalized spacial score (nSPS) is 17.8. The van der Waals surface area contributed by atoms with Crippen molar-refractivity contribution in [2.45, 2.75) is 33.5 Å². The molecule has 0 unspecified atom stereocenters. The molecule has 0 aromatic heterocycles. The maximum absolute atomic E-state index is 12.2. The van der Waals surface area contributed by atoms with Gasteiger partial charge in [-0.3, -0.25) is 0 Å². The molecule has 0 N–H and O–H groups in total. The fourth-order valence-corrected chi connectivity index (χ4v) is 2.26. The van der Waals surface area contributed by atoms with Gasteiger partial charge < -0.3 is 9.47 Å². The smallest absolute Gasteiger partial charge is 0.349 e. The van der Waals surface area contributed by atoms with Crippen LogP contribution in [0.5, 0.6) is 0 Å². The lowest BCUT2D eigenvalue weighted by atomic mass is 9.90. The van der Waals surface area contributed by atoms with Crippen molar-refractivity contribution < 1.29 is 19.1 Å². The zero-order valence-electron chi connectivity index (χ0n) is 12.1. The van der Waals surface area contributed by atoms with Gasteiger partial charge in [-0.25, -0.2) is 9.59 Å². The first kappa shape index (κ1) is 14.3. The first-order valence-electron chi connectivity index (χ1n) is 6.58. The van der Waals surface area contributed by atoms with E-state index in [0.717, 1.165) is 5.56 Å². The van der Waals surface area contributed by atoms with Gasteiger partial charge in [0, 0.05) is 13.8 Å². The Morgan fingerprint density at radius 2 is 1.50 bits per heavy atom. The highest BCUT2D eigenvalue weighted by Crippen LogP contribution is 2.32. The predicted molar refractivity (Wildman–Crippen MR) is 74.5 cm³/mol. The number of carbonyl (C=O) groups is 2. The van der Waals surface area contributed by atoms with E-state index in [0.29, 0.717) is 5.57 Å². The number of rotatable bonds is 2. The molecule has 0 atom stereocenters. The topological polar surface area (TPSA) is 52.6 Å². The van der Waals surface area contributed by atoms with Crippen LogP contribution in [0, 0.1) is 5.92 Å². The minimum atomic E-state index is -1.21. The van der Waals surface area contributed by atoms with Gasteiger partial charge in [-0.1, -0.05) is 44.2 Å².